The second-order valence-electron chi connectivity index (χ2n) is 11.3. The van der Waals surface area contributed by atoms with Gasteiger partial charge in [-0.1, -0.05) is 29.8 Å². The Morgan fingerprint density at radius 2 is 2.03 bits per heavy atom. The van der Waals surface area contributed by atoms with Crippen LogP contribution in [0.4, 0.5) is 0 Å². The Bertz CT molecular complexity index is 1320. The van der Waals surface area contributed by atoms with Gasteiger partial charge in [-0.25, -0.2) is 0 Å². The van der Waals surface area contributed by atoms with Crippen molar-refractivity contribution in [1.82, 2.24) is 10.2 Å². The number of likely N-dealkylation sites (tertiary alicyclic amines) is 1. The highest BCUT2D eigenvalue weighted by Gasteiger charge is 2.73. The number of nitrogens with zero attached hydrogens (tertiary/aromatic N) is 1. The van der Waals surface area contributed by atoms with Crippen LogP contribution in [0.25, 0.3) is 6.08 Å². The third kappa shape index (κ3) is 3.34. The van der Waals surface area contributed by atoms with Crippen LogP contribution in [-0.4, -0.2) is 54.5 Å². The molecule has 2 bridgehead atoms. The Morgan fingerprint density at radius 3 is 2.78 bits per heavy atom. The Labute approximate surface area is 222 Å². The number of carbonyl (C=O) groups excluding carboxylic acids is 2. The first kappa shape index (κ1) is 23.3. The lowest BCUT2D eigenvalue weighted by atomic mass is 9.47. The molecule has 1 saturated heterocycles. The van der Waals surface area contributed by atoms with E-state index in [-0.39, 0.29) is 17.7 Å². The summed E-state index contributed by atoms with van der Waals surface area (Å²) in [6, 6.07) is 11.6. The molecule has 2 aromatic rings. The SMILES string of the molecule is COc1ccc2c3c1O[C@H]1C(=O)CC[C@@]4(NC(=O)/C=C/c5ccc(Cl)cc5)C(C2)N(CC2CC2)CC[C@]314. The average molecular weight is 519 g/mol. The van der Waals surface area contributed by atoms with Gasteiger partial charge in [0, 0.05) is 35.7 Å². The molecule has 2 aromatic carbocycles. The van der Waals surface area contributed by atoms with Crippen LogP contribution >= 0.6 is 11.6 Å². The molecule has 3 aliphatic carbocycles. The van der Waals surface area contributed by atoms with Crippen molar-refractivity contribution < 1.29 is 19.1 Å². The Balaban J connectivity index is 1.34. The van der Waals surface area contributed by atoms with Crippen LogP contribution < -0.4 is 14.8 Å². The maximum Gasteiger partial charge on any atom is 0.244 e. The van der Waals surface area contributed by atoms with Gasteiger partial charge >= 0.3 is 0 Å². The topological polar surface area (TPSA) is 67.9 Å². The molecule has 7 heteroatoms. The minimum atomic E-state index is -0.599. The number of ether oxygens (including phenoxy) is 2. The van der Waals surface area contributed by atoms with Crippen LogP contribution in [-0.2, 0) is 21.4 Å². The Hall–Kier alpha value is -2.83. The summed E-state index contributed by atoms with van der Waals surface area (Å²) in [4.78, 5) is 29.7. The molecule has 3 fully saturated rings. The molecular weight excluding hydrogens is 488 g/mol. The highest BCUT2D eigenvalue weighted by molar-refractivity contribution is 6.30. The van der Waals surface area contributed by atoms with Crippen molar-refractivity contribution >= 4 is 29.4 Å². The molecule has 2 aliphatic heterocycles. The maximum atomic E-state index is 13.6. The van der Waals surface area contributed by atoms with Gasteiger partial charge in [0.15, 0.2) is 23.4 Å². The summed E-state index contributed by atoms with van der Waals surface area (Å²) < 4.78 is 12.2. The lowest BCUT2D eigenvalue weighted by Gasteiger charge is -2.65. The number of benzene rings is 2. The molecule has 1 amide bonds. The highest BCUT2D eigenvalue weighted by atomic mass is 35.5. The van der Waals surface area contributed by atoms with Crippen LogP contribution in [0.15, 0.2) is 42.5 Å². The lowest BCUT2D eigenvalue weighted by molar-refractivity contribution is -0.148. The van der Waals surface area contributed by atoms with E-state index in [0.29, 0.717) is 29.4 Å². The van der Waals surface area contributed by atoms with Gasteiger partial charge in [-0.05, 0) is 80.0 Å². The molecule has 1 N–H and O–H groups in total. The quantitative estimate of drug-likeness (QED) is 0.577. The molecular formula is C30H31ClN2O4. The number of halogens is 1. The number of hydrogen-bond donors (Lipinski definition) is 1. The fraction of sp³-hybridized carbons (Fsp3) is 0.467. The van der Waals surface area contributed by atoms with Crippen LogP contribution in [0.2, 0.25) is 5.02 Å². The van der Waals surface area contributed by atoms with E-state index < -0.39 is 17.1 Å². The number of hydrogen-bond acceptors (Lipinski definition) is 5. The van der Waals surface area contributed by atoms with Crippen LogP contribution in [0.1, 0.15) is 48.8 Å². The van der Waals surface area contributed by atoms with Crippen molar-refractivity contribution in [3.8, 4) is 11.5 Å². The Morgan fingerprint density at radius 1 is 1.22 bits per heavy atom. The maximum absolute atomic E-state index is 13.6. The summed E-state index contributed by atoms with van der Waals surface area (Å²) in [6.07, 6.45) is 8.00. The van der Waals surface area contributed by atoms with Crippen LogP contribution in [0.5, 0.6) is 11.5 Å². The van der Waals surface area contributed by atoms with E-state index in [1.54, 1.807) is 13.2 Å². The average Bonchev–Trinajstić information content (AvgIpc) is 3.64. The van der Waals surface area contributed by atoms with Gasteiger partial charge in [-0.2, -0.15) is 0 Å². The molecule has 7 rings (SSSR count). The summed E-state index contributed by atoms with van der Waals surface area (Å²) in [7, 11) is 1.64. The number of nitrogens with one attached hydrogen (secondary N) is 1. The molecule has 2 saturated carbocycles. The minimum Gasteiger partial charge on any atom is -0.493 e. The summed E-state index contributed by atoms with van der Waals surface area (Å²) >= 11 is 6.02. The summed E-state index contributed by atoms with van der Waals surface area (Å²) in [6.45, 7) is 1.96. The molecule has 0 radical (unpaired) electrons. The largest absolute Gasteiger partial charge is 0.493 e. The summed E-state index contributed by atoms with van der Waals surface area (Å²) in [5, 5.41) is 4.19. The number of piperidine rings is 1. The summed E-state index contributed by atoms with van der Waals surface area (Å²) in [5.74, 6) is 2.09. The van der Waals surface area contributed by atoms with Crippen LogP contribution in [0, 0.1) is 5.92 Å². The van der Waals surface area contributed by atoms with Gasteiger partial charge in [0.1, 0.15) is 0 Å². The zero-order valence-corrected chi connectivity index (χ0v) is 21.7. The molecule has 37 heavy (non-hydrogen) atoms. The van der Waals surface area contributed by atoms with Crippen LogP contribution in [0.3, 0.4) is 0 Å². The number of methoxy groups -OCH3 is 1. The Kier molecular flexibility index (Phi) is 5.25. The summed E-state index contributed by atoms with van der Waals surface area (Å²) in [5.41, 5.74) is 2.04. The van der Waals surface area contributed by atoms with Gasteiger partial charge in [0.25, 0.3) is 0 Å². The van der Waals surface area contributed by atoms with Gasteiger partial charge in [0.05, 0.1) is 18.1 Å². The van der Waals surface area contributed by atoms with E-state index in [4.69, 9.17) is 21.1 Å². The number of rotatable bonds is 6. The standard InChI is InChI=1S/C30H31ClN2O4/c1-36-23-10-7-20-16-24-30(32-25(35)11-6-18-4-8-21(31)9-5-18)13-12-22(34)28-29(30,26(20)27(23)37-28)14-15-33(24)17-19-2-3-19/h4-11,19,24,28H,2-3,12-17H2,1H3,(H,32,35)/b11-6+/t24?,28-,29-,30+/m0/s1. The first-order valence-electron chi connectivity index (χ1n) is 13.3. The van der Waals surface area contributed by atoms with Crippen molar-refractivity contribution in [3.05, 3.63) is 64.2 Å². The van der Waals surface area contributed by atoms with Crippen molar-refractivity contribution in [2.45, 2.75) is 61.6 Å². The van der Waals surface area contributed by atoms with Crippen molar-refractivity contribution in [2.24, 2.45) is 5.92 Å². The first-order chi connectivity index (χ1) is 17.9. The normalized spacial score (nSPS) is 31.7. The fourth-order valence-corrected chi connectivity index (χ4v) is 7.85. The molecule has 5 aliphatic rings. The van der Waals surface area contributed by atoms with E-state index >= 15 is 0 Å². The van der Waals surface area contributed by atoms with Gasteiger partial charge < -0.3 is 14.8 Å². The number of carbonyl (C=O) groups is 2. The molecule has 192 valence electrons. The number of ketones is 1. The second kappa shape index (κ2) is 8.34. The molecule has 4 atom stereocenters. The molecule has 6 nitrogen and oxygen atoms in total. The van der Waals surface area contributed by atoms with E-state index in [1.807, 2.05) is 36.4 Å². The highest BCUT2D eigenvalue weighted by Crippen LogP contribution is 2.65. The number of amides is 1. The number of Topliss-reactive ketones (excluding diaryl/α,β-unsaturated/α-hetero) is 1. The third-order valence-electron chi connectivity index (χ3n) is 9.46. The van der Waals surface area contributed by atoms with E-state index in [0.717, 1.165) is 43.0 Å². The first-order valence-corrected chi connectivity index (χ1v) is 13.7. The van der Waals surface area contributed by atoms with Gasteiger partial charge in [-0.15, -0.1) is 0 Å². The van der Waals surface area contributed by atoms with Gasteiger partial charge in [0.2, 0.25) is 5.91 Å². The van der Waals surface area contributed by atoms with E-state index in [1.165, 1.54) is 18.4 Å². The predicted octanol–water partition coefficient (Wildman–Crippen LogP) is 4.32. The van der Waals surface area contributed by atoms with Gasteiger partial charge in [-0.3, -0.25) is 14.5 Å². The molecule has 2 heterocycles. The molecule has 1 spiro atoms. The van der Waals surface area contributed by atoms with E-state index in [2.05, 4.69) is 16.3 Å². The zero-order valence-electron chi connectivity index (χ0n) is 21.0. The fourth-order valence-electron chi connectivity index (χ4n) is 7.72. The lowest BCUT2D eigenvalue weighted by Crippen LogP contribution is -2.81. The monoisotopic (exact) mass is 518 g/mol. The third-order valence-corrected chi connectivity index (χ3v) is 9.71. The van der Waals surface area contributed by atoms with E-state index in [9.17, 15) is 9.59 Å². The smallest absolute Gasteiger partial charge is 0.244 e. The second-order valence-corrected chi connectivity index (χ2v) is 11.8. The zero-order chi connectivity index (χ0) is 25.4. The molecule has 1 unspecified atom stereocenters. The molecule has 0 aromatic heterocycles. The van der Waals surface area contributed by atoms with Crippen molar-refractivity contribution in [1.29, 1.82) is 0 Å². The predicted molar refractivity (Wildman–Crippen MR) is 141 cm³/mol. The van der Waals surface area contributed by atoms with Crippen molar-refractivity contribution in [3.63, 3.8) is 0 Å². The van der Waals surface area contributed by atoms with Crippen molar-refractivity contribution in [2.75, 3.05) is 20.2 Å². The minimum absolute atomic E-state index is 0.112.